The highest BCUT2D eigenvalue weighted by Gasteiger charge is 2.12. The average molecular weight is 210 g/mol. The number of aryl methyl sites for hydroxylation is 1. The van der Waals surface area contributed by atoms with Crippen LogP contribution in [0.1, 0.15) is 18.2 Å². The Labute approximate surface area is 85.2 Å². The van der Waals surface area contributed by atoms with Crippen LogP contribution in [0.15, 0.2) is 20.4 Å². The number of nitrogens with one attached hydrogen (secondary N) is 1. The standard InChI is InChI=1S/C9H10N2O4/c1-5-3-7(13)8(9(14)15-5)6(2)11-10-4-12/h3-4,13H,1-2H3,(H,10,12)/b11-6+. The number of hydrogen-bond acceptors (Lipinski definition) is 5. The lowest BCUT2D eigenvalue weighted by Crippen LogP contribution is -2.16. The van der Waals surface area contributed by atoms with Gasteiger partial charge < -0.3 is 9.52 Å². The van der Waals surface area contributed by atoms with E-state index in [1.165, 1.54) is 13.0 Å². The maximum absolute atomic E-state index is 11.3. The summed E-state index contributed by atoms with van der Waals surface area (Å²) in [6.45, 7) is 3.01. The minimum absolute atomic E-state index is 0.0602. The Balaban J connectivity index is 3.26. The van der Waals surface area contributed by atoms with Gasteiger partial charge in [-0.2, -0.15) is 5.10 Å². The van der Waals surface area contributed by atoms with Gasteiger partial charge in [-0.25, -0.2) is 10.2 Å². The molecule has 0 aliphatic rings. The highest BCUT2D eigenvalue weighted by atomic mass is 16.4. The molecule has 6 heteroatoms. The fourth-order valence-corrected chi connectivity index (χ4v) is 1.11. The molecule has 1 aromatic rings. The first-order valence-electron chi connectivity index (χ1n) is 4.13. The van der Waals surface area contributed by atoms with Gasteiger partial charge >= 0.3 is 5.63 Å². The van der Waals surface area contributed by atoms with Gasteiger partial charge in [0.2, 0.25) is 6.41 Å². The van der Waals surface area contributed by atoms with E-state index in [1.807, 2.05) is 5.43 Å². The van der Waals surface area contributed by atoms with Gasteiger partial charge in [-0.3, -0.25) is 4.79 Å². The SMILES string of the molecule is C/C(=N\NC=O)c1c(O)cc(C)oc1=O. The second kappa shape index (κ2) is 4.41. The molecule has 15 heavy (non-hydrogen) atoms. The maximum Gasteiger partial charge on any atom is 0.348 e. The number of rotatable bonds is 3. The lowest BCUT2D eigenvalue weighted by Gasteiger charge is -2.02. The third-order valence-corrected chi connectivity index (χ3v) is 1.70. The highest BCUT2D eigenvalue weighted by Crippen LogP contribution is 2.14. The molecule has 0 spiro atoms. The number of nitrogens with zero attached hydrogens (tertiary/aromatic N) is 1. The van der Waals surface area contributed by atoms with Gasteiger partial charge in [0.05, 0.1) is 5.71 Å². The second-order valence-corrected chi connectivity index (χ2v) is 2.85. The van der Waals surface area contributed by atoms with Crippen LogP contribution in [0.4, 0.5) is 0 Å². The summed E-state index contributed by atoms with van der Waals surface area (Å²) in [7, 11) is 0. The molecule has 80 valence electrons. The van der Waals surface area contributed by atoms with Crippen LogP contribution in [0.2, 0.25) is 0 Å². The molecule has 6 nitrogen and oxygen atoms in total. The number of carbonyl (C=O) groups excluding carboxylic acids is 1. The molecule has 0 bridgehead atoms. The lowest BCUT2D eigenvalue weighted by atomic mass is 10.2. The molecule has 0 saturated heterocycles. The van der Waals surface area contributed by atoms with Crippen LogP contribution < -0.4 is 11.1 Å². The molecule has 0 atom stereocenters. The Morgan fingerprint density at radius 1 is 1.67 bits per heavy atom. The van der Waals surface area contributed by atoms with Crippen LogP contribution in [-0.4, -0.2) is 17.2 Å². The van der Waals surface area contributed by atoms with Gasteiger partial charge in [0.25, 0.3) is 0 Å². The Morgan fingerprint density at radius 2 is 2.33 bits per heavy atom. The van der Waals surface area contributed by atoms with Gasteiger partial charge in [0, 0.05) is 6.07 Å². The van der Waals surface area contributed by atoms with Crippen molar-refractivity contribution in [1.82, 2.24) is 5.43 Å². The van der Waals surface area contributed by atoms with Crippen molar-refractivity contribution in [1.29, 1.82) is 0 Å². The molecule has 0 unspecified atom stereocenters. The predicted octanol–water partition coefficient (Wildman–Crippen LogP) is 0.124. The molecular weight excluding hydrogens is 200 g/mol. The summed E-state index contributed by atoms with van der Waals surface area (Å²) in [5, 5.41) is 13.0. The number of hydrogen-bond donors (Lipinski definition) is 2. The molecule has 1 rings (SSSR count). The minimum Gasteiger partial charge on any atom is -0.507 e. The monoisotopic (exact) mass is 210 g/mol. The van der Waals surface area contributed by atoms with E-state index in [0.29, 0.717) is 12.2 Å². The number of amides is 1. The van der Waals surface area contributed by atoms with E-state index in [-0.39, 0.29) is 17.0 Å². The van der Waals surface area contributed by atoms with E-state index >= 15 is 0 Å². The van der Waals surface area contributed by atoms with Crippen molar-refractivity contribution in [3.63, 3.8) is 0 Å². The number of hydrazone groups is 1. The molecule has 1 amide bonds. The van der Waals surface area contributed by atoms with Gasteiger partial charge in [-0.1, -0.05) is 0 Å². The van der Waals surface area contributed by atoms with Crippen LogP contribution in [-0.2, 0) is 4.79 Å². The van der Waals surface area contributed by atoms with Gasteiger partial charge in [0.15, 0.2) is 0 Å². The van der Waals surface area contributed by atoms with Crippen molar-refractivity contribution in [2.24, 2.45) is 5.10 Å². The maximum atomic E-state index is 11.3. The second-order valence-electron chi connectivity index (χ2n) is 2.85. The molecule has 1 aromatic heterocycles. The summed E-state index contributed by atoms with van der Waals surface area (Å²) in [5.41, 5.74) is 1.45. The summed E-state index contributed by atoms with van der Waals surface area (Å²) in [6, 6.07) is 1.30. The van der Waals surface area contributed by atoms with Crippen molar-refractivity contribution in [3.05, 3.63) is 27.8 Å². The zero-order valence-corrected chi connectivity index (χ0v) is 8.27. The third kappa shape index (κ3) is 2.43. The molecule has 0 aliphatic carbocycles. The van der Waals surface area contributed by atoms with Crippen molar-refractivity contribution >= 4 is 12.1 Å². The summed E-state index contributed by atoms with van der Waals surface area (Å²) >= 11 is 0. The number of carbonyl (C=O) groups is 1. The minimum atomic E-state index is -0.693. The van der Waals surface area contributed by atoms with Crippen LogP contribution in [0.3, 0.4) is 0 Å². The molecule has 1 heterocycles. The van der Waals surface area contributed by atoms with Crippen LogP contribution >= 0.6 is 0 Å². The van der Waals surface area contributed by atoms with Crippen LogP contribution in [0.25, 0.3) is 0 Å². The summed E-state index contributed by atoms with van der Waals surface area (Å²) in [4.78, 5) is 21.3. The topological polar surface area (TPSA) is 91.9 Å². The lowest BCUT2D eigenvalue weighted by molar-refractivity contribution is -0.109. The Bertz CT molecular complexity index is 462. The molecule has 0 aromatic carbocycles. The third-order valence-electron chi connectivity index (χ3n) is 1.70. The zero-order chi connectivity index (χ0) is 11.4. The molecule has 2 N–H and O–H groups in total. The molecule has 0 fully saturated rings. The fourth-order valence-electron chi connectivity index (χ4n) is 1.11. The van der Waals surface area contributed by atoms with Crippen molar-refractivity contribution in [2.75, 3.05) is 0 Å². The van der Waals surface area contributed by atoms with Crippen LogP contribution in [0.5, 0.6) is 5.75 Å². The van der Waals surface area contributed by atoms with Gasteiger partial charge in [-0.15, -0.1) is 0 Å². The van der Waals surface area contributed by atoms with Crippen LogP contribution in [0, 0.1) is 6.92 Å². The van der Waals surface area contributed by atoms with E-state index in [1.54, 1.807) is 6.92 Å². The highest BCUT2D eigenvalue weighted by molar-refractivity contribution is 6.00. The Kier molecular flexibility index (Phi) is 3.22. The van der Waals surface area contributed by atoms with Gasteiger partial charge in [0.1, 0.15) is 17.1 Å². The summed E-state index contributed by atoms with van der Waals surface area (Å²) < 4.78 is 4.78. The van der Waals surface area contributed by atoms with Crippen molar-refractivity contribution < 1.29 is 14.3 Å². The first-order valence-corrected chi connectivity index (χ1v) is 4.13. The van der Waals surface area contributed by atoms with Crippen molar-refractivity contribution in [2.45, 2.75) is 13.8 Å². The molecule has 0 saturated carbocycles. The fraction of sp³-hybridized carbons (Fsp3) is 0.222. The molecule has 0 radical (unpaired) electrons. The van der Waals surface area contributed by atoms with E-state index in [4.69, 9.17) is 4.42 Å². The average Bonchev–Trinajstić information content (AvgIpc) is 2.12. The number of aromatic hydroxyl groups is 1. The molecular formula is C9H10N2O4. The predicted molar refractivity (Wildman–Crippen MR) is 52.8 cm³/mol. The van der Waals surface area contributed by atoms with Gasteiger partial charge in [-0.05, 0) is 13.8 Å². The smallest absolute Gasteiger partial charge is 0.348 e. The van der Waals surface area contributed by atoms with E-state index < -0.39 is 5.63 Å². The summed E-state index contributed by atoms with van der Waals surface area (Å²) in [5.74, 6) is 0.0788. The summed E-state index contributed by atoms with van der Waals surface area (Å²) in [6.07, 6.45) is 0.357. The normalized spacial score (nSPS) is 11.2. The van der Waals surface area contributed by atoms with Crippen molar-refractivity contribution in [3.8, 4) is 5.75 Å². The largest absolute Gasteiger partial charge is 0.507 e. The zero-order valence-electron chi connectivity index (χ0n) is 8.27. The Hall–Kier alpha value is -2.11. The van der Waals surface area contributed by atoms with E-state index in [0.717, 1.165) is 0 Å². The first kappa shape index (κ1) is 11.0. The first-order chi connectivity index (χ1) is 7.06. The van der Waals surface area contributed by atoms with E-state index in [2.05, 4.69) is 5.10 Å². The van der Waals surface area contributed by atoms with E-state index in [9.17, 15) is 14.7 Å². The Morgan fingerprint density at radius 3 is 2.87 bits per heavy atom. The quantitative estimate of drug-likeness (QED) is 0.421. The molecule has 0 aliphatic heterocycles.